The molecular weight excluding hydrogens is 1800 g/mol. The highest BCUT2D eigenvalue weighted by Gasteiger charge is 2.25. The molecule has 0 aliphatic carbocycles. The molecule has 1 N–H and O–H groups in total. The fraction of sp³-hybridized carbons (Fsp3) is 0.296. The van der Waals surface area contributed by atoms with Gasteiger partial charge in [0.15, 0.2) is 17.1 Å². The van der Waals surface area contributed by atoms with Gasteiger partial charge in [-0.15, -0.1) is 0 Å². The molecule has 143 heavy (non-hydrogen) atoms. The van der Waals surface area contributed by atoms with Crippen molar-refractivity contribution in [1.82, 2.24) is 121 Å². The zero-order chi connectivity index (χ0) is 98.4. The van der Waals surface area contributed by atoms with Crippen LogP contribution in [-0.2, 0) is 28.2 Å². The van der Waals surface area contributed by atoms with Crippen LogP contribution >= 0.6 is 0 Å². The molecule has 25 rings (SSSR count). The van der Waals surface area contributed by atoms with E-state index >= 15 is 0 Å². The van der Waals surface area contributed by atoms with E-state index in [1.807, 2.05) is 237 Å². The molecule has 0 bridgehead atoms. The second-order valence-corrected chi connectivity index (χ2v) is 37.7. The average molecular weight is 1910 g/mol. The molecule has 5 aliphatic heterocycles. The largest absolute Gasteiger partial charge is 0.441 e. The third kappa shape index (κ3) is 19.7. The molecule has 35 nitrogen and oxygen atoms in total. The summed E-state index contributed by atoms with van der Waals surface area (Å²) in [6.45, 7) is 20.8. The molecule has 0 saturated carbocycles. The Bertz CT molecular complexity index is 8590. The fourth-order valence-electron chi connectivity index (χ4n) is 19.7. The van der Waals surface area contributed by atoms with Gasteiger partial charge in [-0.05, 0) is 194 Å². The first kappa shape index (κ1) is 93.2. The molecule has 0 atom stereocenters. The van der Waals surface area contributed by atoms with Crippen LogP contribution in [0.4, 0.5) is 22.7 Å². The van der Waals surface area contributed by atoms with Crippen molar-refractivity contribution in [2.24, 2.45) is 28.2 Å². The number of aromatic nitrogens is 20. The normalized spacial score (nSPS) is 15.4. The highest BCUT2D eigenvalue weighted by Crippen LogP contribution is 2.33. The number of hydrogen-bond acceptors (Lipinski definition) is 26. The Morgan fingerprint density at radius 1 is 0.371 bits per heavy atom. The molecule has 5 aliphatic rings. The number of likely N-dealkylation sites (N-methyl/N-ethyl adjacent to an activating group) is 3. The minimum atomic E-state index is -0.202. The van der Waals surface area contributed by atoms with Crippen LogP contribution < -0.4 is 52.7 Å². The summed E-state index contributed by atoms with van der Waals surface area (Å²) < 4.78 is 20.9. The van der Waals surface area contributed by atoms with Crippen molar-refractivity contribution in [2.45, 2.75) is 45.6 Å². The zero-order valence-corrected chi connectivity index (χ0v) is 81.9. The van der Waals surface area contributed by atoms with E-state index in [2.05, 4.69) is 139 Å². The lowest BCUT2D eigenvalue weighted by molar-refractivity contribution is 0.249. The Morgan fingerprint density at radius 3 is 1.15 bits per heavy atom. The first-order chi connectivity index (χ1) is 69.4. The van der Waals surface area contributed by atoms with Crippen molar-refractivity contribution in [1.29, 1.82) is 0 Å². The predicted molar refractivity (Wildman–Crippen MR) is 564 cm³/mol. The van der Waals surface area contributed by atoms with Crippen molar-refractivity contribution in [3.05, 3.63) is 301 Å². The number of piperazine rings is 2. The number of aryl methyl sites for hydroxylation is 5. The quantitative estimate of drug-likeness (QED) is 0.119. The van der Waals surface area contributed by atoms with Crippen LogP contribution in [0.3, 0.4) is 0 Å². The zero-order valence-electron chi connectivity index (χ0n) is 81.9. The van der Waals surface area contributed by atoms with E-state index in [4.69, 9.17) is 24.4 Å². The number of anilines is 4. The van der Waals surface area contributed by atoms with Gasteiger partial charge >= 0.3 is 0 Å². The van der Waals surface area contributed by atoms with Gasteiger partial charge in [0.2, 0.25) is 0 Å². The molecule has 4 saturated heterocycles. The molecule has 5 aromatic carbocycles. The molecule has 0 spiro atoms. The molecule has 35 heteroatoms. The summed E-state index contributed by atoms with van der Waals surface area (Å²) in [6.07, 6.45) is 21.5. The number of oxazole rings is 1. The predicted octanol–water partition coefficient (Wildman–Crippen LogP) is 12.1. The summed E-state index contributed by atoms with van der Waals surface area (Å²) >= 11 is 0. The Kier molecular flexibility index (Phi) is 26.0. The molecular formula is C108H113N29O6. The summed E-state index contributed by atoms with van der Waals surface area (Å²) in [5.41, 5.74) is 22.5. The number of piperidine rings is 1. The van der Waals surface area contributed by atoms with E-state index < -0.39 is 0 Å². The van der Waals surface area contributed by atoms with E-state index in [9.17, 15) is 24.0 Å². The highest BCUT2D eigenvalue weighted by atomic mass is 16.3. The minimum Gasteiger partial charge on any atom is -0.441 e. The van der Waals surface area contributed by atoms with Crippen molar-refractivity contribution < 1.29 is 4.42 Å². The van der Waals surface area contributed by atoms with Gasteiger partial charge in [0.1, 0.15) is 28.1 Å². The third-order valence-corrected chi connectivity index (χ3v) is 28.1. The Labute approximate surface area is 822 Å². The molecule has 0 unspecified atom stereocenters. The maximum absolute atomic E-state index is 12.9. The number of fused-ring (bicyclic) bond motifs is 10. The van der Waals surface area contributed by atoms with Gasteiger partial charge < -0.3 is 44.0 Å². The van der Waals surface area contributed by atoms with Crippen molar-refractivity contribution in [3.63, 3.8) is 0 Å². The summed E-state index contributed by atoms with van der Waals surface area (Å²) in [6, 6.07) is 58.1. The van der Waals surface area contributed by atoms with Gasteiger partial charge in [-0.2, -0.15) is 30.0 Å². The lowest BCUT2D eigenvalue weighted by Crippen LogP contribution is -2.44. The highest BCUT2D eigenvalue weighted by molar-refractivity contribution is 5.88. The van der Waals surface area contributed by atoms with E-state index in [0.717, 1.165) is 242 Å². The Hall–Kier alpha value is -16.1. The summed E-state index contributed by atoms with van der Waals surface area (Å²) in [5.74, 6) is 0.611. The van der Waals surface area contributed by atoms with Crippen LogP contribution in [0.1, 0.15) is 44.2 Å². The number of hydrogen-bond donors (Lipinski definition) is 1. The van der Waals surface area contributed by atoms with Crippen LogP contribution in [-0.4, -0.2) is 261 Å². The van der Waals surface area contributed by atoms with Gasteiger partial charge in [0.25, 0.3) is 27.8 Å². The average Bonchev–Trinajstić information content (AvgIpc) is 1.76. The number of benzene rings is 5. The maximum Gasteiger partial charge on any atom is 0.275 e. The van der Waals surface area contributed by atoms with Crippen LogP contribution in [0.25, 0.3) is 145 Å². The van der Waals surface area contributed by atoms with Gasteiger partial charge in [0.05, 0.1) is 104 Å². The standard InChI is InChI=1S/C23H26N6O.C22H24N6O.C22H21N5O2.C21H22N6O.C20H20N6O/c1-26(2)18-8-10-28(11-9-18)19-5-7-22-25-20(13-23(30)29(22)15-19)16-4-6-21-17(12-16)14-24-27(21)3;1-25-8-3-9-27(11-10-25)18-5-7-21-24-19(13-22(29)28(21)15-18)16-4-6-20-17(12-16)14-23-26(20)2;1-3-26-10-8-15(9-11-26)17-6-7-21-24-19(13-22(28)27(21)25-17)16-4-5-18-20(12-16)29-14(2)23-18;1-24-7-9-26(10-8-24)17-4-6-20-23-18(12-21(28)27(20)14-17)15-3-5-19-16(11-15)13-22-25(19)2;1-24-18-4-2-14(10-15(18)12-22-24)17-11-20(27)26-13-16(3-5-19(26)23-17)25-8-6-21-7-9-25/h4-7,12-15,18H,8-11H2,1-3H3;4-7,12-15H,3,8-11H2,1-2H3;4-8,12-13H,3,9-11H2,1-2H3;3-6,11-14H,7-10H2,1-2H3;2-5,10-13,21H,6-9H2,1H3. The first-order valence-electron chi connectivity index (χ1n) is 48.7. The van der Waals surface area contributed by atoms with Crippen LogP contribution in [0.5, 0.6) is 0 Å². The first-order valence-corrected chi connectivity index (χ1v) is 48.7. The smallest absolute Gasteiger partial charge is 0.275 e. The number of nitrogens with one attached hydrogen (secondary N) is 1. The molecule has 726 valence electrons. The fourth-order valence-corrected chi connectivity index (χ4v) is 19.7. The SMILES string of the molecule is CCN1CC=C(c2ccc3nc(-c4ccc5nc(C)oc5c4)cc(=O)n3n2)CC1.CN(C)C1CCN(c2ccc3nc(-c4ccc5c(cnn5C)c4)cc(=O)n3c2)CC1.CN1CCCN(c2ccc3nc(-c4ccc5c(cnn5C)c4)cc(=O)n3c2)CC1.CN1CCN(c2ccc3nc(-c4ccc5c(cnn5C)c4)cc(=O)n3c2)CC1.Cn1ncc2cc(-c3cc(=O)n4cc(N5CCNCC5)ccc4n3)ccc21. The van der Waals surface area contributed by atoms with E-state index in [0.29, 0.717) is 74.2 Å². The van der Waals surface area contributed by atoms with Crippen LogP contribution in [0.15, 0.2) is 266 Å². The second-order valence-electron chi connectivity index (χ2n) is 37.7. The van der Waals surface area contributed by atoms with Gasteiger partial charge in [-0.1, -0.05) is 43.3 Å². The van der Waals surface area contributed by atoms with E-state index in [1.54, 1.807) is 41.9 Å². The molecule has 4 fully saturated rings. The lowest BCUT2D eigenvalue weighted by Gasteiger charge is -2.36. The maximum atomic E-state index is 12.9. The van der Waals surface area contributed by atoms with E-state index in [-0.39, 0.29) is 27.8 Å². The molecule has 20 aromatic rings. The Balaban J connectivity index is 0.000000106. The van der Waals surface area contributed by atoms with Crippen LogP contribution in [0, 0.1) is 6.92 Å². The van der Waals surface area contributed by atoms with E-state index in [1.165, 1.54) is 16.2 Å². The third-order valence-electron chi connectivity index (χ3n) is 28.1. The van der Waals surface area contributed by atoms with Crippen molar-refractivity contribution >= 4 is 111 Å². The van der Waals surface area contributed by atoms with Gasteiger partial charge in [0, 0.05) is 244 Å². The van der Waals surface area contributed by atoms with Gasteiger partial charge in [-0.3, -0.25) is 65.2 Å². The van der Waals surface area contributed by atoms with Crippen molar-refractivity contribution in [2.75, 3.05) is 159 Å². The minimum absolute atomic E-state index is 0.0636. The topological polar surface area (TPSA) is 320 Å². The monoisotopic (exact) mass is 1910 g/mol. The number of nitrogens with zero attached hydrogens (tertiary/aromatic N) is 28. The number of pyridine rings is 4. The lowest BCUT2D eigenvalue weighted by atomic mass is 10.0. The Morgan fingerprint density at radius 2 is 0.741 bits per heavy atom. The molecule has 0 amide bonds. The number of rotatable bonds is 12. The summed E-state index contributed by atoms with van der Waals surface area (Å²) in [7, 11) is 16.3. The molecule has 20 heterocycles. The molecule has 15 aromatic heterocycles. The summed E-state index contributed by atoms with van der Waals surface area (Å²) in [4.78, 5) is 111. The molecule has 0 radical (unpaired) electrons. The second kappa shape index (κ2) is 39.9. The summed E-state index contributed by atoms with van der Waals surface area (Å²) in [5, 5.41) is 29.2. The van der Waals surface area contributed by atoms with Crippen LogP contribution in [0.2, 0.25) is 0 Å². The van der Waals surface area contributed by atoms with Gasteiger partial charge in [-0.25, -0.2) is 29.9 Å². The van der Waals surface area contributed by atoms with Crippen molar-refractivity contribution in [3.8, 4) is 56.3 Å².